The fraction of sp³-hybridized carbons (Fsp3) is 0.562. The van der Waals surface area contributed by atoms with E-state index >= 15 is 0 Å². The minimum Gasteiger partial charge on any atom is -0.342 e. The molecule has 0 saturated heterocycles. The number of carbonyl (C=O) groups is 1. The SMILES string of the molecule is CC(C)CN(CCc1ccccc1)C(=O)C(C)CN. The van der Waals surface area contributed by atoms with Crippen LogP contribution in [0.5, 0.6) is 0 Å². The summed E-state index contributed by atoms with van der Waals surface area (Å²) in [4.78, 5) is 14.2. The van der Waals surface area contributed by atoms with Gasteiger partial charge < -0.3 is 10.6 Å². The van der Waals surface area contributed by atoms with Gasteiger partial charge in [0.05, 0.1) is 0 Å². The minimum atomic E-state index is -0.0884. The molecule has 106 valence electrons. The molecule has 0 heterocycles. The summed E-state index contributed by atoms with van der Waals surface area (Å²) >= 11 is 0. The lowest BCUT2D eigenvalue weighted by atomic mass is 10.1. The molecular weight excluding hydrogens is 236 g/mol. The zero-order chi connectivity index (χ0) is 14.3. The molecule has 3 nitrogen and oxygen atoms in total. The fourth-order valence-corrected chi connectivity index (χ4v) is 2.05. The molecule has 1 rings (SSSR count). The van der Waals surface area contributed by atoms with E-state index in [4.69, 9.17) is 5.73 Å². The van der Waals surface area contributed by atoms with Crippen molar-refractivity contribution in [1.29, 1.82) is 0 Å². The molecule has 1 atom stereocenters. The smallest absolute Gasteiger partial charge is 0.226 e. The van der Waals surface area contributed by atoms with E-state index in [0.29, 0.717) is 12.5 Å². The van der Waals surface area contributed by atoms with E-state index < -0.39 is 0 Å². The summed E-state index contributed by atoms with van der Waals surface area (Å²) in [6.45, 7) is 8.16. The quantitative estimate of drug-likeness (QED) is 0.819. The zero-order valence-electron chi connectivity index (χ0n) is 12.3. The van der Waals surface area contributed by atoms with Gasteiger partial charge in [-0.25, -0.2) is 0 Å². The van der Waals surface area contributed by atoms with Gasteiger partial charge >= 0.3 is 0 Å². The number of benzene rings is 1. The van der Waals surface area contributed by atoms with Crippen LogP contribution in [-0.4, -0.2) is 30.4 Å². The van der Waals surface area contributed by atoms with E-state index in [9.17, 15) is 4.79 Å². The van der Waals surface area contributed by atoms with Crippen LogP contribution in [0.25, 0.3) is 0 Å². The molecule has 1 aromatic rings. The lowest BCUT2D eigenvalue weighted by Crippen LogP contribution is -2.41. The Labute approximate surface area is 116 Å². The Morgan fingerprint density at radius 1 is 1.21 bits per heavy atom. The van der Waals surface area contributed by atoms with Crippen molar-refractivity contribution >= 4 is 5.91 Å². The lowest BCUT2D eigenvalue weighted by molar-refractivity contribution is -0.135. The Balaban J connectivity index is 2.62. The fourth-order valence-electron chi connectivity index (χ4n) is 2.05. The van der Waals surface area contributed by atoms with Crippen LogP contribution in [0.15, 0.2) is 30.3 Å². The van der Waals surface area contributed by atoms with Crippen LogP contribution in [0.3, 0.4) is 0 Å². The van der Waals surface area contributed by atoms with E-state index in [0.717, 1.165) is 19.5 Å². The molecule has 0 aromatic heterocycles. The Bertz CT molecular complexity index is 376. The maximum absolute atomic E-state index is 12.3. The number of rotatable bonds is 7. The Kier molecular flexibility index (Phi) is 6.57. The van der Waals surface area contributed by atoms with Gasteiger partial charge in [0.15, 0.2) is 0 Å². The summed E-state index contributed by atoms with van der Waals surface area (Å²) in [6, 6.07) is 10.3. The number of nitrogens with two attached hydrogens (primary N) is 1. The van der Waals surface area contributed by atoms with Crippen LogP contribution in [0, 0.1) is 11.8 Å². The summed E-state index contributed by atoms with van der Waals surface area (Å²) in [5, 5.41) is 0. The Hall–Kier alpha value is -1.35. The molecule has 19 heavy (non-hydrogen) atoms. The van der Waals surface area contributed by atoms with Gasteiger partial charge in [0.1, 0.15) is 0 Å². The largest absolute Gasteiger partial charge is 0.342 e. The molecule has 1 unspecified atom stereocenters. The normalized spacial score (nSPS) is 12.5. The standard InChI is InChI=1S/C16H26N2O/c1-13(2)12-18(16(19)14(3)11-17)10-9-15-7-5-4-6-8-15/h4-8,13-14H,9-12,17H2,1-3H3. The van der Waals surface area contributed by atoms with Crippen molar-refractivity contribution in [2.24, 2.45) is 17.6 Å². The van der Waals surface area contributed by atoms with Crippen molar-refractivity contribution in [2.45, 2.75) is 27.2 Å². The topological polar surface area (TPSA) is 46.3 Å². The number of carbonyl (C=O) groups excluding carboxylic acids is 1. The molecule has 0 fully saturated rings. The van der Waals surface area contributed by atoms with E-state index in [1.165, 1.54) is 5.56 Å². The van der Waals surface area contributed by atoms with E-state index in [2.05, 4.69) is 26.0 Å². The van der Waals surface area contributed by atoms with E-state index in [1.807, 2.05) is 30.0 Å². The van der Waals surface area contributed by atoms with E-state index in [1.54, 1.807) is 0 Å². The van der Waals surface area contributed by atoms with Crippen molar-refractivity contribution in [1.82, 2.24) is 4.90 Å². The highest BCUT2D eigenvalue weighted by Crippen LogP contribution is 2.08. The number of hydrogen-bond acceptors (Lipinski definition) is 2. The van der Waals surface area contributed by atoms with Crippen molar-refractivity contribution in [2.75, 3.05) is 19.6 Å². The summed E-state index contributed by atoms with van der Waals surface area (Å²) in [5.74, 6) is 0.561. The molecule has 1 aromatic carbocycles. The molecule has 0 aliphatic rings. The first-order valence-corrected chi connectivity index (χ1v) is 7.07. The second-order valence-electron chi connectivity index (χ2n) is 5.55. The van der Waals surface area contributed by atoms with E-state index in [-0.39, 0.29) is 11.8 Å². The molecule has 0 radical (unpaired) electrons. The van der Waals surface area contributed by atoms with Gasteiger partial charge in [-0.05, 0) is 17.9 Å². The summed E-state index contributed by atoms with van der Waals surface area (Å²) < 4.78 is 0. The minimum absolute atomic E-state index is 0.0884. The average Bonchev–Trinajstić information content (AvgIpc) is 2.42. The highest BCUT2D eigenvalue weighted by Gasteiger charge is 2.19. The number of hydrogen-bond donors (Lipinski definition) is 1. The monoisotopic (exact) mass is 262 g/mol. The van der Waals surface area contributed by atoms with Crippen LogP contribution in [0.2, 0.25) is 0 Å². The highest BCUT2D eigenvalue weighted by atomic mass is 16.2. The van der Waals surface area contributed by atoms with Gasteiger partial charge in [-0.15, -0.1) is 0 Å². The van der Waals surface area contributed by atoms with Gasteiger partial charge in [-0.2, -0.15) is 0 Å². The average molecular weight is 262 g/mol. The third kappa shape index (κ3) is 5.43. The molecule has 0 bridgehead atoms. The maximum atomic E-state index is 12.3. The number of amides is 1. The van der Waals surface area contributed by atoms with Crippen LogP contribution >= 0.6 is 0 Å². The van der Waals surface area contributed by atoms with Gasteiger partial charge in [0.2, 0.25) is 5.91 Å². The van der Waals surface area contributed by atoms with Crippen molar-refractivity contribution < 1.29 is 4.79 Å². The predicted octanol–water partition coefficient (Wildman–Crippen LogP) is 2.31. The molecule has 0 saturated carbocycles. The van der Waals surface area contributed by atoms with Crippen molar-refractivity contribution in [3.05, 3.63) is 35.9 Å². The summed E-state index contributed by atoms with van der Waals surface area (Å²) in [7, 11) is 0. The van der Waals surface area contributed by atoms with Gasteiger partial charge in [0.25, 0.3) is 0 Å². The lowest BCUT2D eigenvalue weighted by Gasteiger charge is -2.27. The number of nitrogens with zero attached hydrogens (tertiary/aromatic N) is 1. The maximum Gasteiger partial charge on any atom is 0.226 e. The third-order valence-corrected chi connectivity index (χ3v) is 3.19. The molecular formula is C16H26N2O. The molecule has 3 heteroatoms. The van der Waals surface area contributed by atoms with Crippen LogP contribution in [0.4, 0.5) is 0 Å². The van der Waals surface area contributed by atoms with Crippen molar-refractivity contribution in [3.8, 4) is 0 Å². The van der Waals surface area contributed by atoms with Crippen molar-refractivity contribution in [3.63, 3.8) is 0 Å². The Morgan fingerprint density at radius 3 is 2.37 bits per heavy atom. The summed E-state index contributed by atoms with van der Waals surface area (Å²) in [5.41, 5.74) is 6.87. The first kappa shape index (κ1) is 15.7. The zero-order valence-corrected chi connectivity index (χ0v) is 12.3. The molecule has 1 amide bonds. The van der Waals surface area contributed by atoms with Crippen LogP contribution in [-0.2, 0) is 11.2 Å². The molecule has 0 spiro atoms. The second kappa shape index (κ2) is 7.95. The first-order valence-electron chi connectivity index (χ1n) is 7.07. The third-order valence-electron chi connectivity index (χ3n) is 3.19. The van der Waals surface area contributed by atoms with Crippen LogP contribution in [0.1, 0.15) is 26.3 Å². The van der Waals surface area contributed by atoms with Gasteiger partial charge in [0, 0.05) is 25.6 Å². The molecule has 2 N–H and O–H groups in total. The summed E-state index contributed by atoms with van der Waals surface area (Å²) in [6.07, 6.45) is 0.899. The second-order valence-corrected chi connectivity index (χ2v) is 5.55. The molecule has 0 aliphatic carbocycles. The predicted molar refractivity (Wildman–Crippen MR) is 79.8 cm³/mol. The molecule has 0 aliphatic heterocycles. The highest BCUT2D eigenvalue weighted by molar-refractivity contribution is 5.78. The Morgan fingerprint density at radius 2 is 1.84 bits per heavy atom. The van der Waals surface area contributed by atoms with Gasteiger partial charge in [-0.1, -0.05) is 51.1 Å². The first-order chi connectivity index (χ1) is 9.04. The van der Waals surface area contributed by atoms with Crippen LogP contribution < -0.4 is 5.73 Å². The van der Waals surface area contributed by atoms with Gasteiger partial charge in [-0.3, -0.25) is 4.79 Å².